The fourth-order valence-corrected chi connectivity index (χ4v) is 5.95. The zero-order valence-corrected chi connectivity index (χ0v) is 22.7. The van der Waals surface area contributed by atoms with E-state index in [2.05, 4.69) is 19.2 Å². The van der Waals surface area contributed by atoms with Crippen LogP contribution in [0.1, 0.15) is 66.8 Å². The number of hydrogen-bond acceptors (Lipinski definition) is 6. The molecule has 2 heterocycles. The van der Waals surface area contributed by atoms with Crippen molar-refractivity contribution in [2.75, 3.05) is 12.4 Å². The molecular formula is C29H33ClN4O3. The number of carbonyl (C=O) groups is 1. The van der Waals surface area contributed by atoms with E-state index in [1.54, 1.807) is 19.2 Å². The van der Waals surface area contributed by atoms with Crippen LogP contribution in [0.15, 0.2) is 50.8 Å². The molecule has 8 heteroatoms. The van der Waals surface area contributed by atoms with Gasteiger partial charge in [-0.1, -0.05) is 24.6 Å². The number of aryl methyl sites for hydroxylation is 2. The third-order valence-corrected chi connectivity index (χ3v) is 8.41. The van der Waals surface area contributed by atoms with Gasteiger partial charge in [-0.2, -0.15) is 0 Å². The van der Waals surface area contributed by atoms with Crippen LogP contribution in [0.2, 0.25) is 5.02 Å². The molecule has 3 N–H and O–H groups in total. The molecule has 1 aliphatic carbocycles. The van der Waals surface area contributed by atoms with E-state index in [0.717, 1.165) is 53.5 Å². The fraction of sp³-hybridized carbons (Fsp3) is 0.414. The number of amides is 1. The molecule has 0 spiro atoms. The summed E-state index contributed by atoms with van der Waals surface area (Å²) in [5.74, 6) is 0.394. The van der Waals surface area contributed by atoms with E-state index in [0.29, 0.717) is 22.1 Å². The van der Waals surface area contributed by atoms with Crippen LogP contribution < -0.4 is 11.1 Å². The lowest BCUT2D eigenvalue weighted by Crippen LogP contribution is -2.44. The Bertz CT molecular complexity index is 1430. The zero-order chi connectivity index (χ0) is 26.5. The van der Waals surface area contributed by atoms with Gasteiger partial charge in [-0.05, 0) is 76.3 Å². The lowest BCUT2D eigenvalue weighted by Gasteiger charge is -2.47. The van der Waals surface area contributed by atoms with Crippen LogP contribution in [-0.4, -0.2) is 30.7 Å². The number of nitrogens with two attached hydrogens (primary N) is 1. The van der Waals surface area contributed by atoms with Crippen molar-refractivity contribution in [3.8, 4) is 0 Å². The summed E-state index contributed by atoms with van der Waals surface area (Å²) in [6.07, 6.45) is 3.91. The molecule has 194 valence electrons. The van der Waals surface area contributed by atoms with Crippen molar-refractivity contribution in [2.45, 2.75) is 65.1 Å². The lowest BCUT2D eigenvalue weighted by molar-refractivity contribution is 0.00120. The Balaban J connectivity index is 1.53. The first-order valence-corrected chi connectivity index (χ1v) is 13.0. The summed E-state index contributed by atoms with van der Waals surface area (Å²) in [6.45, 7) is 8.07. The van der Waals surface area contributed by atoms with Crippen LogP contribution >= 0.6 is 11.6 Å². The molecule has 1 amide bonds. The normalized spacial score (nSPS) is 25.7. The number of halogens is 1. The van der Waals surface area contributed by atoms with E-state index < -0.39 is 5.66 Å². The second kappa shape index (κ2) is 9.30. The highest BCUT2D eigenvalue weighted by molar-refractivity contribution is 6.41. The number of ether oxygens (including phenoxy) is 1. The van der Waals surface area contributed by atoms with Gasteiger partial charge in [0.1, 0.15) is 11.4 Å². The first kappa shape index (κ1) is 25.5. The van der Waals surface area contributed by atoms with Crippen LogP contribution in [0.5, 0.6) is 0 Å². The highest BCUT2D eigenvalue weighted by atomic mass is 35.5. The quantitative estimate of drug-likeness (QED) is 0.399. The SMILES string of the molecule is COC1CCC(C)(C2(c3cc(NC(=O)c4oc5cc(Cl)ccc5c4C)ccc3C)N=C(C)C(N)=N2)CC1. The molecule has 0 bridgehead atoms. The van der Waals surface area contributed by atoms with Gasteiger partial charge < -0.3 is 20.2 Å². The van der Waals surface area contributed by atoms with Crippen molar-refractivity contribution in [1.29, 1.82) is 0 Å². The maximum Gasteiger partial charge on any atom is 0.291 e. The number of nitrogens with one attached hydrogen (secondary N) is 1. The van der Waals surface area contributed by atoms with E-state index in [-0.39, 0.29) is 23.2 Å². The van der Waals surface area contributed by atoms with Crippen molar-refractivity contribution < 1.29 is 13.9 Å². The number of hydrogen-bond donors (Lipinski definition) is 2. The number of benzene rings is 2. The molecule has 1 fully saturated rings. The molecule has 1 aliphatic heterocycles. The smallest absolute Gasteiger partial charge is 0.291 e. The number of aliphatic imine (C=N–C) groups is 2. The standard InChI is InChI=1S/C29H33ClN4O3/c1-16-6-8-20(32-27(35)25-17(2)22-9-7-19(30)14-24(22)37-25)15-23(16)29(33-18(3)26(31)34-29)28(4)12-10-21(36-5)11-13-28/h6-9,14-15,21H,10-13H2,1-5H3,(H2,31,34)(H,32,35). The Hall–Kier alpha value is -3.16. The Morgan fingerprint density at radius 3 is 2.51 bits per heavy atom. The number of methoxy groups -OCH3 is 1. The number of nitrogens with zero attached hydrogens (tertiary/aromatic N) is 2. The first-order valence-electron chi connectivity index (χ1n) is 12.6. The van der Waals surface area contributed by atoms with E-state index >= 15 is 0 Å². The molecular weight excluding hydrogens is 488 g/mol. The Kier molecular flexibility index (Phi) is 6.40. The van der Waals surface area contributed by atoms with Gasteiger partial charge in [0.15, 0.2) is 11.4 Å². The first-order chi connectivity index (χ1) is 17.6. The summed E-state index contributed by atoms with van der Waals surface area (Å²) in [7, 11) is 1.77. The van der Waals surface area contributed by atoms with Crippen molar-refractivity contribution in [3.63, 3.8) is 0 Å². The highest BCUT2D eigenvalue weighted by Gasteiger charge is 2.54. The van der Waals surface area contributed by atoms with E-state index in [1.807, 2.05) is 38.1 Å². The molecule has 1 atom stereocenters. The van der Waals surface area contributed by atoms with Crippen molar-refractivity contribution in [2.24, 2.45) is 21.1 Å². The second-order valence-corrected chi connectivity index (χ2v) is 11.0. The predicted molar refractivity (Wildman–Crippen MR) is 149 cm³/mol. The number of amidine groups is 1. The van der Waals surface area contributed by atoms with Gasteiger partial charge in [0, 0.05) is 45.8 Å². The minimum atomic E-state index is -0.864. The summed E-state index contributed by atoms with van der Waals surface area (Å²) in [5, 5.41) is 4.44. The average molecular weight is 521 g/mol. The Morgan fingerprint density at radius 2 is 1.86 bits per heavy atom. The molecule has 1 saturated carbocycles. The number of carbonyl (C=O) groups excluding carboxylic acids is 1. The van der Waals surface area contributed by atoms with Crippen LogP contribution in [0.3, 0.4) is 0 Å². The molecule has 1 unspecified atom stereocenters. The molecule has 0 radical (unpaired) electrons. The third-order valence-electron chi connectivity index (χ3n) is 8.17. The summed E-state index contributed by atoms with van der Waals surface area (Å²) in [4.78, 5) is 23.4. The fourth-order valence-electron chi connectivity index (χ4n) is 5.79. The van der Waals surface area contributed by atoms with Gasteiger partial charge in [-0.3, -0.25) is 9.79 Å². The van der Waals surface area contributed by atoms with E-state index in [1.165, 1.54) is 0 Å². The molecule has 1 aromatic heterocycles. The Morgan fingerprint density at radius 1 is 1.14 bits per heavy atom. The largest absolute Gasteiger partial charge is 0.451 e. The summed E-state index contributed by atoms with van der Waals surface area (Å²) in [6, 6.07) is 11.2. The number of fused-ring (bicyclic) bond motifs is 1. The maximum atomic E-state index is 13.3. The van der Waals surface area contributed by atoms with E-state index in [9.17, 15) is 4.79 Å². The van der Waals surface area contributed by atoms with Crippen LogP contribution in [0.25, 0.3) is 11.0 Å². The number of anilines is 1. The summed E-state index contributed by atoms with van der Waals surface area (Å²) >= 11 is 6.11. The predicted octanol–water partition coefficient (Wildman–Crippen LogP) is 6.54. The van der Waals surface area contributed by atoms with Gasteiger partial charge in [0.05, 0.1) is 11.8 Å². The van der Waals surface area contributed by atoms with Gasteiger partial charge >= 0.3 is 0 Å². The summed E-state index contributed by atoms with van der Waals surface area (Å²) < 4.78 is 11.5. The molecule has 5 rings (SSSR count). The lowest BCUT2D eigenvalue weighted by atomic mass is 9.64. The molecule has 3 aromatic rings. The zero-order valence-electron chi connectivity index (χ0n) is 21.9. The Labute approximate surface area is 222 Å². The van der Waals surface area contributed by atoms with Crippen LogP contribution in [0, 0.1) is 19.3 Å². The van der Waals surface area contributed by atoms with Gasteiger partial charge in [-0.25, -0.2) is 4.99 Å². The molecule has 7 nitrogen and oxygen atoms in total. The monoisotopic (exact) mass is 520 g/mol. The molecule has 0 saturated heterocycles. The summed E-state index contributed by atoms with van der Waals surface area (Å²) in [5.41, 5.74) is 9.91. The van der Waals surface area contributed by atoms with Gasteiger partial charge in [0.25, 0.3) is 5.91 Å². The number of rotatable bonds is 5. The maximum absolute atomic E-state index is 13.3. The number of furan rings is 1. The molecule has 37 heavy (non-hydrogen) atoms. The van der Waals surface area contributed by atoms with Crippen LogP contribution in [0.4, 0.5) is 5.69 Å². The minimum Gasteiger partial charge on any atom is -0.451 e. The van der Waals surface area contributed by atoms with Gasteiger partial charge in [-0.15, -0.1) is 0 Å². The molecule has 2 aliphatic rings. The topological polar surface area (TPSA) is 102 Å². The minimum absolute atomic E-state index is 0.242. The highest BCUT2D eigenvalue weighted by Crippen LogP contribution is 2.55. The average Bonchev–Trinajstić information content (AvgIpc) is 3.37. The van der Waals surface area contributed by atoms with Crippen molar-refractivity contribution in [1.82, 2.24) is 0 Å². The van der Waals surface area contributed by atoms with Crippen LogP contribution in [-0.2, 0) is 10.4 Å². The van der Waals surface area contributed by atoms with E-state index in [4.69, 9.17) is 36.5 Å². The van der Waals surface area contributed by atoms with Crippen molar-refractivity contribution in [3.05, 3.63) is 63.9 Å². The second-order valence-electron chi connectivity index (χ2n) is 10.5. The third kappa shape index (κ3) is 4.24. The molecule has 2 aromatic carbocycles. The van der Waals surface area contributed by atoms with Gasteiger partial charge in [0.2, 0.25) is 0 Å². The van der Waals surface area contributed by atoms with Crippen molar-refractivity contribution >= 4 is 45.7 Å².